The first kappa shape index (κ1) is 40.8. The quantitative estimate of drug-likeness (QED) is 0.181. The van der Waals surface area contributed by atoms with Crippen molar-refractivity contribution < 1.29 is 41.1 Å². The summed E-state index contributed by atoms with van der Waals surface area (Å²) in [5, 5.41) is 4.90. The second-order valence-electron chi connectivity index (χ2n) is 12.9. The van der Waals surface area contributed by atoms with Gasteiger partial charge in [-0.3, -0.25) is 4.79 Å². The SMILES string of the molecule is CCCC(CCC)S(=O)(=O)C[C@H](NC(=O)O[C@@H]1CCN(C(C)=O)C1)C(=O)O[C@H](CNCc1cccc(CC)c1)[C@@H](N)Cc1cc(F)cc(F)c1. The fourth-order valence-electron chi connectivity index (χ4n) is 6.08. The van der Waals surface area contributed by atoms with Crippen LogP contribution in [0.1, 0.15) is 76.5 Å². The van der Waals surface area contributed by atoms with Crippen LogP contribution in [0.2, 0.25) is 0 Å². The molecule has 278 valence electrons. The Kier molecular flexibility index (Phi) is 16.1. The maximum Gasteiger partial charge on any atom is 0.408 e. The van der Waals surface area contributed by atoms with Gasteiger partial charge in [0.25, 0.3) is 0 Å². The number of likely N-dealkylation sites (tertiary alicyclic amines) is 1. The van der Waals surface area contributed by atoms with Crippen molar-refractivity contribution in [3.05, 3.63) is 70.8 Å². The minimum Gasteiger partial charge on any atom is -0.458 e. The second kappa shape index (κ2) is 19.7. The lowest BCUT2D eigenvalue weighted by Crippen LogP contribution is -2.52. The van der Waals surface area contributed by atoms with Crippen LogP contribution in [-0.4, -0.2) is 86.2 Å². The highest BCUT2D eigenvalue weighted by Gasteiger charge is 2.36. The third-order valence-corrected chi connectivity index (χ3v) is 11.1. The number of halogens is 2. The number of amides is 2. The third-order valence-electron chi connectivity index (χ3n) is 8.78. The number of carbonyl (C=O) groups is 3. The lowest BCUT2D eigenvalue weighted by atomic mass is 10.0. The maximum atomic E-state index is 14.0. The van der Waals surface area contributed by atoms with Gasteiger partial charge in [0.05, 0.1) is 17.5 Å². The van der Waals surface area contributed by atoms with E-state index < -0.39 is 68.8 Å². The Morgan fingerprint density at radius 3 is 2.26 bits per heavy atom. The molecule has 1 aliphatic heterocycles. The molecule has 0 bridgehead atoms. The van der Waals surface area contributed by atoms with Crippen molar-refractivity contribution in [2.45, 2.75) is 109 Å². The summed E-state index contributed by atoms with van der Waals surface area (Å²) in [5.41, 5.74) is 8.85. The maximum absolute atomic E-state index is 14.0. The van der Waals surface area contributed by atoms with Gasteiger partial charge in [0.15, 0.2) is 9.84 Å². The number of esters is 1. The van der Waals surface area contributed by atoms with E-state index in [0.29, 0.717) is 45.2 Å². The average molecular weight is 723 g/mol. The number of nitrogens with one attached hydrogen (secondary N) is 2. The summed E-state index contributed by atoms with van der Waals surface area (Å²) in [5.74, 6) is -3.52. The van der Waals surface area contributed by atoms with Gasteiger partial charge in [-0.25, -0.2) is 26.8 Å². The summed E-state index contributed by atoms with van der Waals surface area (Å²) in [6, 6.07) is 8.30. The van der Waals surface area contributed by atoms with E-state index in [9.17, 15) is 31.6 Å². The molecule has 3 rings (SSSR count). The van der Waals surface area contributed by atoms with Crippen LogP contribution in [0.5, 0.6) is 0 Å². The number of hydrogen-bond donors (Lipinski definition) is 3. The van der Waals surface area contributed by atoms with Gasteiger partial charge >= 0.3 is 12.1 Å². The Balaban J connectivity index is 1.85. The third kappa shape index (κ3) is 12.9. The number of aryl methyl sites for hydroxylation is 1. The number of nitrogens with zero attached hydrogens (tertiary/aromatic N) is 1. The fourth-order valence-corrected chi connectivity index (χ4v) is 8.23. The Morgan fingerprint density at radius 2 is 1.66 bits per heavy atom. The number of rotatable bonds is 19. The molecule has 1 saturated heterocycles. The van der Waals surface area contributed by atoms with Crippen LogP contribution < -0.4 is 16.4 Å². The van der Waals surface area contributed by atoms with Gasteiger partial charge in [-0.2, -0.15) is 0 Å². The van der Waals surface area contributed by atoms with E-state index in [2.05, 4.69) is 10.6 Å². The molecule has 0 unspecified atom stereocenters. The predicted molar refractivity (Wildman–Crippen MR) is 187 cm³/mol. The van der Waals surface area contributed by atoms with Crippen molar-refractivity contribution >= 4 is 27.8 Å². The van der Waals surface area contributed by atoms with Crippen molar-refractivity contribution in [1.82, 2.24) is 15.5 Å². The number of ether oxygens (including phenoxy) is 2. The van der Waals surface area contributed by atoms with E-state index in [1.165, 1.54) is 11.8 Å². The molecule has 0 aliphatic carbocycles. The largest absolute Gasteiger partial charge is 0.458 e. The minimum absolute atomic E-state index is 0.0161. The topological polar surface area (TPSA) is 157 Å². The molecule has 14 heteroatoms. The van der Waals surface area contributed by atoms with Crippen LogP contribution in [0.15, 0.2) is 42.5 Å². The zero-order chi connectivity index (χ0) is 36.8. The fraction of sp³-hybridized carbons (Fsp3) is 0.583. The zero-order valence-electron chi connectivity index (χ0n) is 29.5. The van der Waals surface area contributed by atoms with Crippen LogP contribution >= 0.6 is 0 Å². The molecule has 1 aliphatic rings. The number of hydrogen-bond acceptors (Lipinski definition) is 9. The number of nitrogens with two attached hydrogens (primary N) is 1. The molecule has 1 heterocycles. The molecule has 2 aromatic rings. The van der Waals surface area contributed by atoms with Gasteiger partial charge in [0.1, 0.15) is 29.9 Å². The number of sulfone groups is 1. The van der Waals surface area contributed by atoms with Gasteiger partial charge in [-0.15, -0.1) is 0 Å². The van der Waals surface area contributed by atoms with Crippen LogP contribution in [-0.2, 0) is 48.3 Å². The van der Waals surface area contributed by atoms with Crippen molar-refractivity contribution in [2.24, 2.45) is 5.73 Å². The molecule has 11 nitrogen and oxygen atoms in total. The first-order valence-corrected chi connectivity index (χ1v) is 19.1. The van der Waals surface area contributed by atoms with E-state index in [1.807, 2.05) is 45.0 Å². The summed E-state index contributed by atoms with van der Waals surface area (Å²) in [6.45, 7) is 8.16. The van der Waals surface area contributed by atoms with Gasteiger partial charge in [-0.1, -0.05) is 57.9 Å². The lowest BCUT2D eigenvalue weighted by Gasteiger charge is -2.28. The Hall–Kier alpha value is -3.62. The van der Waals surface area contributed by atoms with Gasteiger partial charge in [0.2, 0.25) is 5.91 Å². The highest BCUT2D eigenvalue weighted by molar-refractivity contribution is 7.92. The molecule has 0 aromatic heterocycles. The summed E-state index contributed by atoms with van der Waals surface area (Å²) in [6.07, 6.45) is 0.386. The van der Waals surface area contributed by atoms with E-state index in [4.69, 9.17) is 15.2 Å². The highest BCUT2D eigenvalue weighted by atomic mass is 32.2. The molecule has 50 heavy (non-hydrogen) atoms. The molecule has 1 fully saturated rings. The molecule has 2 aromatic carbocycles. The first-order valence-electron chi connectivity index (χ1n) is 17.4. The van der Waals surface area contributed by atoms with Crippen molar-refractivity contribution in [2.75, 3.05) is 25.4 Å². The molecule has 0 saturated carbocycles. The summed E-state index contributed by atoms with van der Waals surface area (Å²) in [7, 11) is -3.91. The lowest BCUT2D eigenvalue weighted by molar-refractivity contribution is -0.151. The van der Waals surface area contributed by atoms with E-state index in [0.717, 1.165) is 35.7 Å². The Bertz CT molecular complexity index is 1520. The van der Waals surface area contributed by atoms with E-state index >= 15 is 0 Å². The number of benzene rings is 2. The van der Waals surface area contributed by atoms with Gasteiger partial charge < -0.3 is 30.7 Å². The van der Waals surface area contributed by atoms with Crippen LogP contribution in [0, 0.1) is 11.6 Å². The summed E-state index contributed by atoms with van der Waals surface area (Å²) >= 11 is 0. The molecule has 4 atom stereocenters. The van der Waals surface area contributed by atoms with Gasteiger partial charge in [-0.05, 0) is 54.5 Å². The molecular weight excluding hydrogens is 670 g/mol. The monoisotopic (exact) mass is 722 g/mol. The molecular formula is C36H52F2N4O7S. The molecule has 2 amide bonds. The van der Waals surface area contributed by atoms with Crippen molar-refractivity contribution in [3.8, 4) is 0 Å². The van der Waals surface area contributed by atoms with Crippen molar-refractivity contribution in [1.29, 1.82) is 0 Å². The van der Waals surface area contributed by atoms with Crippen LogP contribution in [0.4, 0.5) is 13.6 Å². The Labute approximate surface area is 294 Å². The smallest absolute Gasteiger partial charge is 0.408 e. The first-order chi connectivity index (χ1) is 23.7. The zero-order valence-corrected chi connectivity index (χ0v) is 30.3. The second-order valence-corrected chi connectivity index (χ2v) is 15.3. The summed E-state index contributed by atoms with van der Waals surface area (Å²) in [4.78, 5) is 40.2. The molecule has 0 spiro atoms. The van der Waals surface area contributed by atoms with Gasteiger partial charge in [0, 0.05) is 45.1 Å². The average Bonchev–Trinajstić information content (AvgIpc) is 3.52. The highest BCUT2D eigenvalue weighted by Crippen LogP contribution is 2.19. The Morgan fingerprint density at radius 1 is 1.00 bits per heavy atom. The van der Waals surface area contributed by atoms with Crippen molar-refractivity contribution in [3.63, 3.8) is 0 Å². The standard InChI is InChI=1S/C36H52F2N4O7S/c1-5-9-31(10-6-2)50(46,47)23-33(41-36(45)48-30-13-14-42(22-30)24(4)43)35(44)49-34(21-40-20-26-12-8-11-25(7-3)15-26)32(39)18-27-16-28(37)19-29(38)17-27/h8,11-12,15-17,19,30-34,40H,5-7,9-10,13-14,18,20-23,39H2,1-4H3,(H,41,45)/t30-,32+,33+,34-/m1/s1. The minimum atomic E-state index is -3.91. The van der Waals surface area contributed by atoms with E-state index in [-0.39, 0.29) is 31.0 Å². The number of alkyl carbamates (subject to hydrolysis) is 1. The summed E-state index contributed by atoms with van der Waals surface area (Å²) < 4.78 is 66.6. The molecule has 0 radical (unpaired) electrons. The predicted octanol–water partition coefficient (Wildman–Crippen LogP) is 4.20. The van der Waals surface area contributed by atoms with E-state index in [1.54, 1.807) is 0 Å². The number of carbonyl (C=O) groups excluding carboxylic acids is 3. The van der Waals surface area contributed by atoms with Crippen LogP contribution in [0.25, 0.3) is 0 Å². The molecule has 4 N–H and O–H groups in total. The van der Waals surface area contributed by atoms with Crippen LogP contribution in [0.3, 0.4) is 0 Å². The normalized spacial score (nSPS) is 16.6.